The summed E-state index contributed by atoms with van der Waals surface area (Å²) in [5, 5.41) is 3.95. The van der Waals surface area contributed by atoms with Gasteiger partial charge in [0.05, 0.1) is 11.5 Å². The van der Waals surface area contributed by atoms with Crippen LogP contribution in [-0.4, -0.2) is 27.5 Å². The number of hydrogen-bond donors (Lipinski definition) is 0. The van der Waals surface area contributed by atoms with Crippen LogP contribution in [0, 0.1) is 0 Å². The molecule has 1 saturated heterocycles. The lowest BCUT2D eigenvalue weighted by Crippen LogP contribution is -2.24. The Labute approximate surface area is 141 Å². The van der Waals surface area contributed by atoms with Crippen molar-refractivity contribution in [2.45, 2.75) is 43.8 Å². The van der Waals surface area contributed by atoms with Crippen LogP contribution in [0.25, 0.3) is 0 Å². The molecule has 25 heavy (non-hydrogen) atoms. The fourth-order valence-corrected chi connectivity index (χ4v) is 3.08. The van der Waals surface area contributed by atoms with Gasteiger partial charge in [-0.3, -0.25) is 4.79 Å². The summed E-state index contributed by atoms with van der Waals surface area (Å²) in [6, 6.07) is 5.05. The maximum Gasteiger partial charge on any atom is 0.416 e. The van der Waals surface area contributed by atoms with Gasteiger partial charge >= 0.3 is 6.18 Å². The summed E-state index contributed by atoms with van der Waals surface area (Å²) in [6.07, 6.45) is -2.03. The third-order valence-electron chi connectivity index (χ3n) is 4.59. The number of aromatic nitrogens is 2. The first kappa shape index (κ1) is 16.1. The molecule has 2 aromatic rings. The van der Waals surface area contributed by atoms with Crippen molar-refractivity contribution in [3.8, 4) is 0 Å². The van der Waals surface area contributed by atoms with E-state index in [1.807, 2.05) is 0 Å². The van der Waals surface area contributed by atoms with Crippen molar-refractivity contribution in [3.63, 3.8) is 0 Å². The van der Waals surface area contributed by atoms with E-state index in [1.165, 1.54) is 6.07 Å². The number of benzene rings is 1. The Morgan fingerprint density at radius 1 is 1.24 bits per heavy atom. The van der Waals surface area contributed by atoms with Gasteiger partial charge in [0.25, 0.3) is 0 Å². The maximum absolute atomic E-state index is 12.8. The Bertz CT molecular complexity index is 798. The minimum atomic E-state index is -4.39. The van der Waals surface area contributed by atoms with Crippen molar-refractivity contribution in [1.29, 1.82) is 0 Å². The van der Waals surface area contributed by atoms with Crippen molar-refractivity contribution < 1.29 is 22.5 Å². The summed E-state index contributed by atoms with van der Waals surface area (Å²) in [4.78, 5) is 18.1. The number of halogens is 3. The topological polar surface area (TPSA) is 59.2 Å². The van der Waals surface area contributed by atoms with Crippen molar-refractivity contribution in [1.82, 2.24) is 15.0 Å². The van der Waals surface area contributed by atoms with Gasteiger partial charge in [-0.2, -0.15) is 18.2 Å². The van der Waals surface area contributed by atoms with E-state index >= 15 is 0 Å². The zero-order chi connectivity index (χ0) is 17.6. The fourth-order valence-electron chi connectivity index (χ4n) is 3.08. The lowest BCUT2D eigenvalue weighted by atomic mass is 10.1. The Morgan fingerprint density at radius 2 is 2.04 bits per heavy atom. The highest BCUT2D eigenvalue weighted by Crippen LogP contribution is 2.39. The van der Waals surface area contributed by atoms with Gasteiger partial charge in [-0.1, -0.05) is 17.3 Å². The number of rotatable bonds is 4. The molecule has 0 spiro atoms. The number of carbonyl (C=O) groups is 1. The average Bonchev–Trinajstić information content (AvgIpc) is 3.18. The monoisotopic (exact) mass is 351 g/mol. The quantitative estimate of drug-likeness (QED) is 0.846. The van der Waals surface area contributed by atoms with Crippen LogP contribution in [0.2, 0.25) is 0 Å². The van der Waals surface area contributed by atoms with Crippen molar-refractivity contribution >= 4 is 5.91 Å². The molecule has 2 aliphatic rings. The second-order valence-electron chi connectivity index (χ2n) is 6.64. The van der Waals surface area contributed by atoms with Crippen molar-refractivity contribution in [2.75, 3.05) is 6.54 Å². The van der Waals surface area contributed by atoms with Crippen molar-refractivity contribution in [3.05, 3.63) is 47.1 Å². The van der Waals surface area contributed by atoms with Crippen LogP contribution in [0.5, 0.6) is 0 Å². The van der Waals surface area contributed by atoms with Crippen LogP contribution < -0.4 is 0 Å². The number of nitrogens with zero attached hydrogens (tertiary/aromatic N) is 3. The summed E-state index contributed by atoms with van der Waals surface area (Å²) in [7, 11) is 0. The molecule has 0 bridgehead atoms. The molecule has 4 rings (SSSR count). The van der Waals surface area contributed by atoms with E-state index in [0.29, 0.717) is 29.7 Å². The van der Waals surface area contributed by atoms with Gasteiger partial charge in [0.1, 0.15) is 0 Å². The number of carbonyl (C=O) groups excluding carboxylic acids is 1. The minimum Gasteiger partial charge on any atom is -0.339 e. The Hall–Kier alpha value is -2.38. The normalized spacial score (nSPS) is 21.2. The number of likely N-dealkylation sites (tertiary alicyclic amines) is 1. The van der Waals surface area contributed by atoms with Crippen LogP contribution in [0.15, 0.2) is 28.8 Å². The second kappa shape index (κ2) is 5.86. The van der Waals surface area contributed by atoms with Crippen LogP contribution >= 0.6 is 0 Å². The van der Waals surface area contributed by atoms with Gasteiger partial charge in [0.15, 0.2) is 5.82 Å². The predicted molar refractivity (Wildman–Crippen MR) is 80.5 cm³/mol. The lowest BCUT2D eigenvalue weighted by molar-refractivity contribution is -0.137. The minimum absolute atomic E-state index is 0.117. The Kier molecular flexibility index (Phi) is 3.77. The first-order chi connectivity index (χ1) is 11.9. The molecule has 1 saturated carbocycles. The second-order valence-corrected chi connectivity index (χ2v) is 6.64. The Morgan fingerprint density at radius 3 is 2.76 bits per heavy atom. The largest absolute Gasteiger partial charge is 0.416 e. The molecule has 0 N–H and O–H groups in total. The molecule has 1 atom stereocenters. The molecular weight excluding hydrogens is 335 g/mol. The summed E-state index contributed by atoms with van der Waals surface area (Å²) in [6.45, 7) is 0.518. The smallest absolute Gasteiger partial charge is 0.339 e. The SMILES string of the molecule is O=C1CC(c2nc(C3CC3)no2)CN1Cc1cccc(C(F)(F)F)c1. The predicted octanol–water partition coefficient (Wildman–Crippen LogP) is 3.48. The van der Waals surface area contributed by atoms with E-state index in [1.54, 1.807) is 11.0 Å². The highest BCUT2D eigenvalue weighted by molar-refractivity contribution is 5.79. The highest BCUT2D eigenvalue weighted by atomic mass is 19.4. The van der Waals surface area contributed by atoms with E-state index in [-0.39, 0.29) is 24.8 Å². The molecular formula is C17H16F3N3O2. The first-order valence-electron chi connectivity index (χ1n) is 8.17. The molecule has 132 valence electrons. The van der Waals surface area contributed by atoms with Crippen LogP contribution in [-0.2, 0) is 17.5 Å². The van der Waals surface area contributed by atoms with Gasteiger partial charge in [-0.15, -0.1) is 0 Å². The lowest BCUT2D eigenvalue weighted by Gasteiger charge is -2.17. The summed E-state index contributed by atoms with van der Waals surface area (Å²) in [5.74, 6) is 1.20. The van der Waals surface area contributed by atoms with Gasteiger partial charge < -0.3 is 9.42 Å². The summed E-state index contributed by atoms with van der Waals surface area (Å²) >= 11 is 0. The molecule has 0 radical (unpaired) electrons. The Balaban J connectivity index is 1.45. The van der Waals surface area contributed by atoms with E-state index < -0.39 is 11.7 Å². The first-order valence-corrected chi connectivity index (χ1v) is 8.17. The summed E-state index contributed by atoms with van der Waals surface area (Å²) in [5.41, 5.74) is -0.257. The standard InChI is InChI=1S/C17H16F3N3O2/c18-17(19,20)13-3-1-2-10(6-13)8-23-9-12(7-14(23)24)16-21-15(22-25-16)11-4-5-11/h1-3,6,11-12H,4-5,7-9H2. The van der Waals surface area contributed by atoms with Crippen LogP contribution in [0.1, 0.15) is 53.9 Å². The third-order valence-corrected chi connectivity index (χ3v) is 4.59. The summed E-state index contributed by atoms with van der Waals surface area (Å²) < 4.78 is 43.7. The molecule has 1 aliphatic heterocycles. The fraction of sp³-hybridized carbons (Fsp3) is 0.471. The molecule has 1 aromatic carbocycles. The molecule has 2 fully saturated rings. The maximum atomic E-state index is 12.8. The molecule has 1 unspecified atom stereocenters. The number of amides is 1. The van der Waals surface area contributed by atoms with Crippen LogP contribution in [0.3, 0.4) is 0 Å². The van der Waals surface area contributed by atoms with Gasteiger partial charge in [0, 0.05) is 25.4 Å². The van der Waals surface area contributed by atoms with E-state index in [4.69, 9.17) is 4.52 Å². The average molecular weight is 351 g/mol. The highest BCUT2D eigenvalue weighted by Gasteiger charge is 2.36. The van der Waals surface area contributed by atoms with E-state index in [0.717, 1.165) is 25.0 Å². The van der Waals surface area contributed by atoms with Gasteiger partial charge in [-0.05, 0) is 30.5 Å². The zero-order valence-electron chi connectivity index (χ0n) is 13.3. The van der Waals surface area contributed by atoms with Gasteiger partial charge in [0.2, 0.25) is 11.8 Å². The van der Waals surface area contributed by atoms with Crippen molar-refractivity contribution in [2.24, 2.45) is 0 Å². The number of hydrogen-bond acceptors (Lipinski definition) is 4. The molecule has 5 nitrogen and oxygen atoms in total. The molecule has 1 amide bonds. The van der Waals surface area contributed by atoms with E-state index in [9.17, 15) is 18.0 Å². The van der Waals surface area contributed by atoms with E-state index in [2.05, 4.69) is 10.1 Å². The molecule has 2 heterocycles. The molecule has 1 aliphatic carbocycles. The molecule has 1 aromatic heterocycles. The number of alkyl halides is 3. The molecule has 8 heteroatoms. The zero-order valence-corrected chi connectivity index (χ0v) is 13.3. The van der Waals surface area contributed by atoms with Crippen LogP contribution in [0.4, 0.5) is 13.2 Å². The van der Waals surface area contributed by atoms with Gasteiger partial charge in [-0.25, -0.2) is 0 Å². The third kappa shape index (κ3) is 3.38.